The van der Waals surface area contributed by atoms with Crippen LogP contribution in [0.15, 0.2) is 36.5 Å². The molecule has 1 aliphatic rings. The van der Waals surface area contributed by atoms with Crippen molar-refractivity contribution in [3.8, 4) is 0 Å². The third-order valence-electron chi connectivity index (χ3n) is 5.92. The largest absolute Gasteiger partial charge is 0.416 e. The molecule has 1 aromatic carbocycles. The van der Waals surface area contributed by atoms with E-state index < -0.39 is 35.0 Å². The van der Waals surface area contributed by atoms with Crippen LogP contribution in [0, 0.1) is 12.8 Å². The van der Waals surface area contributed by atoms with Gasteiger partial charge in [-0.25, -0.2) is 0 Å². The number of pyridine rings is 1. The van der Waals surface area contributed by atoms with Crippen LogP contribution < -0.4 is 10.6 Å². The summed E-state index contributed by atoms with van der Waals surface area (Å²) in [6.45, 7) is 2.84. The molecule has 180 valence electrons. The molecular weight excluding hydrogens is 448 g/mol. The first-order valence-electron chi connectivity index (χ1n) is 10.6. The van der Waals surface area contributed by atoms with E-state index in [0.29, 0.717) is 18.7 Å². The van der Waals surface area contributed by atoms with Gasteiger partial charge >= 0.3 is 12.4 Å². The number of nitrogens with zero attached hydrogens (tertiary/aromatic N) is 1. The van der Waals surface area contributed by atoms with Crippen molar-refractivity contribution in [1.29, 1.82) is 0 Å². The maximum atomic E-state index is 13.0. The lowest BCUT2D eigenvalue weighted by molar-refractivity contribution is -0.143. The molecule has 0 radical (unpaired) electrons. The van der Waals surface area contributed by atoms with Crippen LogP contribution in [0.25, 0.3) is 0 Å². The Morgan fingerprint density at radius 2 is 1.61 bits per heavy atom. The fourth-order valence-corrected chi connectivity index (χ4v) is 3.94. The summed E-state index contributed by atoms with van der Waals surface area (Å²) in [7, 11) is 0. The molecule has 1 heterocycles. The van der Waals surface area contributed by atoms with E-state index in [1.807, 2.05) is 19.1 Å². The number of carbonyl (C=O) groups is 1. The van der Waals surface area contributed by atoms with E-state index in [0.717, 1.165) is 36.9 Å². The molecule has 0 atom stereocenters. The van der Waals surface area contributed by atoms with E-state index in [2.05, 4.69) is 15.6 Å². The van der Waals surface area contributed by atoms with Crippen molar-refractivity contribution in [2.75, 3.05) is 6.54 Å². The van der Waals surface area contributed by atoms with Crippen molar-refractivity contribution in [3.63, 3.8) is 0 Å². The molecule has 1 fully saturated rings. The van der Waals surface area contributed by atoms with Gasteiger partial charge in [0.25, 0.3) is 5.91 Å². The minimum atomic E-state index is -4.99. The molecule has 1 saturated carbocycles. The molecule has 10 heteroatoms. The number of rotatable bonds is 6. The summed E-state index contributed by atoms with van der Waals surface area (Å²) in [5.41, 5.74) is -1.58. The van der Waals surface area contributed by atoms with E-state index in [9.17, 15) is 31.1 Å². The number of amides is 1. The molecule has 33 heavy (non-hydrogen) atoms. The van der Waals surface area contributed by atoms with Crippen LogP contribution in [0.1, 0.15) is 58.4 Å². The van der Waals surface area contributed by atoms with E-state index in [-0.39, 0.29) is 24.6 Å². The Labute approximate surface area is 187 Å². The molecule has 4 nitrogen and oxygen atoms in total. The number of aromatic nitrogens is 1. The van der Waals surface area contributed by atoms with Crippen molar-refractivity contribution in [2.45, 2.75) is 57.5 Å². The van der Waals surface area contributed by atoms with Gasteiger partial charge in [-0.15, -0.1) is 0 Å². The number of carbonyl (C=O) groups excluding carboxylic acids is 1. The SMILES string of the molecule is Cc1cccnc1CNC1CCC(CNC(=O)c2cc(C(F)(F)F)cc(C(F)(F)F)c2)CC1. The van der Waals surface area contributed by atoms with Crippen LogP contribution in [-0.2, 0) is 18.9 Å². The van der Waals surface area contributed by atoms with Crippen LogP contribution >= 0.6 is 0 Å². The Bertz CT molecular complexity index is 933. The highest BCUT2D eigenvalue weighted by Gasteiger charge is 2.37. The number of nitrogens with one attached hydrogen (secondary N) is 2. The zero-order chi connectivity index (χ0) is 24.2. The first kappa shape index (κ1) is 25.0. The second-order valence-corrected chi connectivity index (χ2v) is 8.37. The third kappa shape index (κ3) is 6.93. The molecule has 0 bridgehead atoms. The quantitative estimate of drug-likeness (QED) is 0.545. The monoisotopic (exact) mass is 473 g/mol. The number of hydrogen-bond donors (Lipinski definition) is 2. The maximum absolute atomic E-state index is 13.0. The lowest BCUT2D eigenvalue weighted by atomic mass is 9.86. The maximum Gasteiger partial charge on any atom is 0.416 e. The van der Waals surface area contributed by atoms with Gasteiger partial charge in [-0.3, -0.25) is 9.78 Å². The Hall–Kier alpha value is -2.62. The second kappa shape index (κ2) is 10.1. The summed E-state index contributed by atoms with van der Waals surface area (Å²) in [4.78, 5) is 16.7. The number of alkyl halides is 6. The summed E-state index contributed by atoms with van der Waals surface area (Å²) in [5.74, 6) is -0.839. The van der Waals surface area contributed by atoms with Crippen molar-refractivity contribution < 1.29 is 31.1 Å². The minimum absolute atomic E-state index is 0.0114. The number of hydrogen-bond acceptors (Lipinski definition) is 3. The van der Waals surface area contributed by atoms with Gasteiger partial charge in [0.1, 0.15) is 0 Å². The molecule has 0 unspecified atom stereocenters. The van der Waals surface area contributed by atoms with Gasteiger partial charge < -0.3 is 10.6 Å². The highest BCUT2D eigenvalue weighted by molar-refractivity contribution is 5.94. The smallest absolute Gasteiger partial charge is 0.352 e. The van der Waals surface area contributed by atoms with Crippen molar-refractivity contribution >= 4 is 5.91 Å². The molecule has 3 rings (SSSR count). The first-order chi connectivity index (χ1) is 15.4. The molecule has 1 amide bonds. The zero-order valence-electron chi connectivity index (χ0n) is 18.0. The van der Waals surface area contributed by atoms with Crippen LogP contribution in [-0.4, -0.2) is 23.5 Å². The van der Waals surface area contributed by atoms with Gasteiger partial charge in [0, 0.05) is 30.9 Å². The highest BCUT2D eigenvalue weighted by Crippen LogP contribution is 2.36. The summed E-state index contributed by atoms with van der Waals surface area (Å²) in [5, 5.41) is 5.97. The van der Waals surface area contributed by atoms with E-state index in [1.54, 1.807) is 6.20 Å². The molecule has 2 N–H and O–H groups in total. The molecular formula is C23H25F6N3O. The first-order valence-corrected chi connectivity index (χ1v) is 10.6. The average Bonchev–Trinajstić information content (AvgIpc) is 2.76. The molecule has 1 aromatic heterocycles. The van der Waals surface area contributed by atoms with Crippen LogP contribution in [0.5, 0.6) is 0 Å². The fourth-order valence-electron chi connectivity index (χ4n) is 3.94. The van der Waals surface area contributed by atoms with Gasteiger partial charge in [0.2, 0.25) is 0 Å². The second-order valence-electron chi connectivity index (χ2n) is 8.37. The molecule has 0 saturated heterocycles. The third-order valence-corrected chi connectivity index (χ3v) is 5.92. The number of halogens is 6. The van der Waals surface area contributed by atoms with Crippen LogP contribution in [0.2, 0.25) is 0 Å². The Kier molecular flexibility index (Phi) is 7.66. The fraction of sp³-hybridized carbons (Fsp3) is 0.478. The normalized spacial score (nSPS) is 19.4. The number of aryl methyl sites for hydroxylation is 1. The Balaban J connectivity index is 1.53. The summed E-state index contributed by atoms with van der Waals surface area (Å²) in [6, 6.07) is 5.07. The lowest BCUT2D eigenvalue weighted by Crippen LogP contribution is -2.37. The molecule has 2 aromatic rings. The van der Waals surface area contributed by atoms with E-state index in [1.165, 1.54) is 0 Å². The van der Waals surface area contributed by atoms with Gasteiger partial charge in [-0.1, -0.05) is 6.07 Å². The van der Waals surface area contributed by atoms with E-state index in [4.69, 9.17) is 0 Å². The topological polar surface area (TPSA) is 54.0 Å². The summed E-state index contributed by atoms with van der Waals surface area (Å²) >= 11 is 0. The standard InChI is InChI=1S/C23H25F6N3O/c1-14-3-2-8-30-20(14)13-31-19-6-4-15(5-7-19)12-32-21(33)16-9-17(22(24,25)26)11-18(10-16)23(27,28)29/h2-3,8-11,15,19,31H,4-7,12-13H2,1H3,(H,32,33). The lowest BCUT2D eigenvalue weighted by Gasteiger charge is -2.29. The summed E-state index contributed by atoms with van der Waals surface area (Å²) < 4.78 is 78.0. The zero-order valence-corrected chi connectivity index (χ0v) is 18.0. The van der Waals surface area contributed by atoms with Crippen LogP contribution in [0.4, 0.5) is 26.3 Å². The number of benzene rings is 1. The minimum Gasteiger partial charge on any atom is -0.352 e. The van der Waals surface area contributed by atoms with Gasteiger partial charge in [0.15, 0.2) is 0 Å². The predicted octanol–water partition coefficient (Wildman–Crippen LogP) is 5.51. The Morgan fingerprint density at radius 3 is 2.15 bits per heavy atom. The van der Waals surface area contributed by atoms with Crippen molar-refractivity contribution in [2.24, 2.45) is 5.92 Å². The van der Waals surface area contributed by atoms with Gasteiger partial charge in [-0.2, -0.15) is 26.3 Å². The van der Waals surface area contributed by atoms with Gasteiger partial charge in [-0.05, 0) is 68.4 Å². The van der Waals surface area contributed by atoms with Crippen molar-refractivity contribution in [1.82, 2.24) is 15.6 Å². The average molecular weight is 473 g/mol. The highest BCUT2D eigenvalue weighted by atomic mass is 19.4. The predicted molar refractivity (Wildman–Crippen MR) is 110 cm³/mol. The molecule has 0 spiro atoms. The van der Waals surface area contributed by atoms with Crippen molar-refractivity contribution in [3.05, 3.63) is 64.5 Å². The van der Waals surface area contributed by atoms with E-state index >= 15 is 0 Å². The molecule has 0 aliphatic heterocycles. The molecule has 1 aliphatic carbocycles. The van der Waals surface area contributed by atoms with Gasteiger partial charge in [0.05, 0.1) is 16.8 Å². The van der Waals surface area contributed by atoms with Crippen LogP contribution in [0.3, 0.4) is 0 Å². The Morgan fingerprint density at radius 1 is 1.00 bits per heavy atom. The summed E-state index contributed by atoms with van der Waals surface area (Å²) in [6.07, 6.45) is -4.95.